The van der Waals surface area contributed by atoms with Gasteiger partial charge < -0.3 is 9.73 Å². The number of benzene rings is 2. The predicted molar refractivity (Wildman–Crippen MR) is 112 cm³/mol. The molecule has 2 aromatic carbocycles. The average molecular weight is 413 g/mol. The average Bonchev–Trinajstić information content (AvgIpc) is 3.21. The number of carbonyl (C=O) groups is 1. The van der Waals surface area contributed by atoms with Crippen LogP contribution < -0.4 is 10.0 Å². The molecule has 2 N–H and O–H groups in total. The topological polar surface area (TPSA) is 88.4 Å². The molecule has 3 rings (SSSR count). The number of hydrogen-bond donors (Lipinski definition) is 2. The Kier molecular flexibility index (Phi) is 6.85. The van der Waals surface area contributed by atoms with E-state index < -0.39 is 10.0 Å². The van der Waals surface area contributed by atoms with Gasteiger partial charge in [-0.3, -0.25) is 4.79 Å². The lowest BCUT2D eigenvalue weighted by Gasteiger charge is -2.11. The highest BCUT2D eigenvalue weighted by atomic mass is 32.2. The monoisotopic (exact) mass is 412 g/mol. The van der Waals surface area contributed by atoms with Crippen molar-refractivity contribution in [3.8, 4) is 11.3 Å². The Labute approximate surface area is 171 Å². The van der Waals surface area contributed by atoms with Gasteiger partial charge in [0, 0.05) is 24.9 Å². The SMILES string of the molecule is CNS(=O)(=O)Cc1ccccc1CNC(=O)CCc1ccc(-c2ccccc2)o1. The van der Waals surface area contributed by atoms with E-state index in [9.17, 15) is 13.2 Å². The third-order valence-electron chi connectivity index (χ3n) is 4.57. The zero-order chi connectivity index (χ0) is 20.7. The quantitative estimate of drug-likeness (QED) is 0.565. The molecule has 152 valence electrons. The third-order valence-corrected chi connectivity index (χ3v) is 5.88. The van der Waals surface area contributed by atoms with Crippen molar-refractivity contribution in [1.29, 1.82) is 0 Å². The van der Waals surface area contributed by atoms with E-state index in [4.69, 9.17) is 4.42 Å². The van der Waals surface area contributed by atoms with Crippen molar-refractivity contribution in [3.05, 3.63) is 83.6 Å². The molecule has 0 saturated carbocycles. The van der Waals surface area contributed by atoms with E-state index in [0.29, 0.717) is 18.4 Å². The first-order valence-corrected chi connectivity index (χ1v) is 11.0. The Bertz CT molecular complexity index is 1060. The molecule has 6 nitrogen and oxygen atoms in total. The number of hydrogen-bond acceptors (Lipinski definition) is 4. The molecule has 29 heavy (non-hydrogen) atoms. The second-order valence-corrected chi connectivity index (χ2v) is 8.57. The van der Waals surface area contributed by atoms with Crippen LogP contribution in [0, 0.1) is 0 Å². The molecule has 0 fully saturated rings. The van der Waals surface area contributed by atoms with E-state index in [1.165, 1.54) is 7.05 Å². The second kappa shape index (κ2) is 9.54. The second-order valence-electron chi connectivity index (χ2n) is 6.64. The van der Waals surface area contributed by atoms with Crippen LogP contribution in [0.4, 0.5) is 0 Å². The van der Waals surface area contributed by atoms with Crippen LogP contribution in [-0.4, -0.2) is 21.4 Å². The fourth-order valence-electron chi connectivity index (χ4n) is 2.94. The van der Waals surface area contributed by atoms with Crippen LogP contribution in [0.5, 0.6) is 0 Å². The molecule has 1 heterocycles. The summed E-state index contributed by atoms with van der Waals surface area (Å²) in [6.45, 7) is 0.279. The van der Waals surface area contributed by atoms with Crippen LogP contribution >= 0.6 is 0 Å². The smallest absolute Gasteiger partial charge is 0.220 e. The van der Waals surface area contributed by atoms with Gasteiger partial charge >= 0.3 is 0 Å². The molecule has 0 unspecified atom stereocenters. The summed E-state index contributed by atoms with van der Waals surface area (Å²) in [5.41, 5.74) is 2.45. The summed E-state index contributed by atoms with van der Waals surface area (Å²) in [4.78, 5) is 12.2. The lowest BCUT2D eigenvalue weighted by Crippen LogP contribution is -2.25. The fourth-order valence-corrected chi connectivity index (χ4v) is 3.77. The lowest BCUT2D eigenvalue weighted by atomic mass is 10.1. The highest BCUT2D eigenvalue weighted by molar-refractivity contribution is 7.88. The minimum atomic E-state index is -3.38. The Morgan fingerprint density at radius 1 is 0.931 bits per heavy atom. The van der Waals surface area contributed by atoms with Gasteiger partial charge in [-0.25, -0.2) is 13.1 Å². The van der Waals surface area contributed by atoms with Gasteiger partial charge in [-0.05, 0) is 30.3 Å². The molecule has 0 radical (unpaired) electrons. The van der Waals surface area contributed by atoms with Gasteiger partial charge in [0.2, 0.25) is 15.9 Å². The predicted octanol–water partition coefficient (Wildman–Crippen LogP) is 3.24. The Hall–Kier alpha value is -2.90. The highest BCUT2D eigenvalue weighted by Crippen LogP contribution is 2.22. The summed E-state index contributed by atoms with van der Waals surface area (Å²) in [6.07, 6.45) is 0.785. The molecule has 0 aliphatic rings. The van der Waals surface area contributed by atoms with E-state index in [1.54, 1.807) is 12.1 Å². The molecule has 0 atom stereocenters. The van der Waals surface area contributed by atoms with Crippen LogP contribution in [0.25, 0.3) is 11.3 Å². The van der Waals surface area contributed by atoms with Crippen LogP contribution in [0.2, 0.25) is 0 Å². The fraction of sp³-hybridized carbons (Fsp3) is 0.227. The summed E-state index contributed by atoms with van der Waals surface area (Å²) >= 11 is 0. The molecule has 0 aliphatic carbocycles. The number of nitrogens with one attached hydrogen (secondary N) is 2. The minimum absolute atomic E-state index is 0.117. The minimum Gasteiger partial charge on any atom is -0.461 e. The first kappa shape index (κ1) is 20.8. The van der Waals surface area contributed by atoms with Crippen LogP contribution in [0.15, 0.2) is 71.1 Å². The first-order chi connectivity index (χ1) is 14.0. The molecule has 0 aliphatic heterocycles. The van der Waals surface area contributed by atoms with E-state index in [-0.39, 0.29) is 18.2 Å². The maximum Gasteiger partial charge on any atom is 0.220 e. The molecular weight excluding hydrogens is 388 g/mol. The van der Waals surface area contributed by atoms with Crippen molar-refractivity contribution in [1.82, 2.24) is 10.0 Å². The van der Waals surface area contributed by atoms with Gasteiger partial charge in [0.25, 0.3) is 0 Å². The standard InChI is InChI=1S/C22H24N2O4S/c1-23-29(26,27)16-19-10-6-5-9-18(19)15-24-22(25)14-12-20-11-13-21(28-20)17-7-3-2-4-8-17/h2-11,13,23H,12,14-16H2,1H3,(H,24,25). The summed E-state index contributed by atoms with van der Waals surface area (Å²) in [6, 6.07) is 20.8. The van der Waals surface area contributed by atoms with Crippen molar-refractivity contribution in [3.63, 3.8) is 0 Å². The van der Waals surface area contributed by atoms with E-state index in [1.807, 2.05) is 54.6 Å². The van der Waals surface area contributed by atoms with Gasteiger partial charge in [-0.1, -0.05) is 54.6 Å². The van der Waals surface area contributed by atoms with E-state index in [0.717, 1.165) is 22.6 Å². The number of aryl methyl sites for hydroxylation is 1. The van der Waals surface area contributed by atoms with Gasteiger partial charge in [0.15, 0.2) is 0 Å². The number of amides is 1. The molecule has 1 amide bonds. The van der Waals surface area contributed by atoms with Crippen LogP contribution in [0.1, 0.15) is 23.3 Å². The van der Waals surface area contributed by atoms with Crippen LogP contribution in [0.3, 0.4) is 0 Å². The molecule has 0 saturated heterocycles. The third kappa shape index (κ3) is 6.04. The Morgan fingerprint density at radius 3 is 2.34 bits per heavy atom. The maximum atomic E-state index is 12.2. The van der Waals surface area contributed by atoms with Crippen molar-refractivity contribution < 1.29 is 17.6 Å². The number of carbonyl (C=O) groups excluding carboxylic acids is 1. The molecule has 0 spiro atoms. The number of sulfonamides is 1. The Morgan fingerprint density at radius 2 is 1.62 bits per heavy atom. The molecular formula is C22H24N2O4S. The van der Waals surface area contributed by atoms with Gasteiger partial charge in [0.1, 0.15) is 11.5 Å². The highest BCUT2D eigenvalue weighted by Gasteiger charge is 2.13. The van der Waals surface area contributed by atoms with Gasteiger partial charge in [-0.15, -0.1) is 0 Å². The van der Waals surface area contributed by atoms with Gasteiger partial charge in [0.05, 0.1) is 5.75 Å². The summed E-state index contributed by atoms with van der Waals surface area (Å²) in [5, 5.41) is 2.86. The first-order valence-electron chi connectivity index (χ1n) is 9.35. The summed E-state index contributed by atoms with van der Waals surface area (Å²) in [7, 11) is -1.99. The van der Waals surface area contributed by atoms with Gasteiger partial charge in [-0.2, -0.15) is 0 Å². The lowest BCUT2D eigenvalue weighted by molar-refractivity contribution is -0.121. The Balaban J connectivity index is 1.53. The van der Waals surface area contributed by atoms with Crippen molar-refractivity contribution in [2.45, 2.75) is 25.1 Å². The molecule has 7 heteroatoms. The van der Waals surface area contributed by atoms with Crippen LogP contribution in [-0.2, 0) is 33.5 Å². The van der Waals surface area contributed by atoms with Crippen molar-refractivity contribution >= 4 is 15.9 Å². The molecule has 3 aromatic rings. The largest absolute Gasteiger partial charge is 0.461 e. The zero-order valence-corrected chi connectivity index (χ0v) is 17.0. The molecule has 1 aromatic heterocycles. The maximum absolute atomic E-state index is 12.2. The summed E-state index contributed by atoms with van der Waals surface area (Å²) in [5.74, 6) is 1.29. The summed E-state index contributed by atoms with van der Waals surface area (Å²) < 4.78 is 31.8. The van der Waals surface area contributed by atoms with Crippen molar-refractivity contribution in [2.24, 2.45) is 0 Å². The van der Waals surface area contributed by atoms with E-state index >= 15 is 0 Å². The number of rotatable bonds is 9. The zero-order valence-electron chi connectivity index (χ0n) is 16.2. The van der Waals surface area contributed by atoms with Crippen molar-refractivity contribution in [2.75, 3.05) is 7.05 Å². The van der Waals surface area contributed by atoms with E-state index in [2.05, 4.69) is 10.0 Å². The number of furan rings is 1. The normalized spacial score (nSPS) is 11.3. The molecule has 0 bridgehead atoms.